The van der Waals surface area contributed by atoms with Gasteiger partial charge in [0.25, 0.3) is 0 Å². The molecule has 0 atom stereocenters. The van der Waals surface area contributed by atoms with E-state index in [1.54, 1.807) is 12.1 Å². The third kappa shape index (κ3) is 4.14. The Morgan fingerprint density at radius 3 is 2.33 bits per heavy atom. The van der Waals surface area contributed by atoms with Crippen molar-refractivity contribution >= 4 is 27.9 Å². The number of rotatable bonds is 5. The third-order valence-electron chi connectivity index (χ3n) is 2.47. The first-order valence-electron chi connectivity index (χ1n) is 5.44. The van der Waals surface area contributed by atoms with Crippen molar-refractivity contribution in [2.24, 2.45) is 0 Å². The van der Waals surface area contributed by atoms with Crippen LogP contribution in [-0.2, 0) is 26.0 Å². The molecule has 0 amide bonds. The Morgan fingerprint density at radius 2 is 1.78 bits per heavy atom. The molecule has 0 spiro atoms. The van der Waals surface area contributed by atoms with E-state index in [9.17, 15) is 9.59 Å². The van der Waals surface area contributed by atoms with Crippen molar-refractivity contribution in [2.45, 2.75) is 18.2 Å². The minimum atomic E-state index is -0.378. The van der Waals surface area contributed by atoms with Crippen LogP contribution in [0.1, 0.15) is 27.9 Å². The summed E-state index contributed by atoms with van der Waals surface area (Å²) in [6, 6.07) is 5.45. The first-order chi connectivity index (χ1) is 8.60. The fourth-order valence-electron chi connectivity index (χ4n) is 1.57. The molecule has 98 valence electrons. The van der Waals surface area contributed by atoms with Gasteiger partial charge in [0.2, 0.25) is 0 Å². The van der Waals surface area contributed by atoms with Crippen LogP contribution in [0.4, 0.5) is 0 Å². The van der Waals surface area contributed by atoms with Crippen LogP contribution in [0.3, 0.4) is 0 Å². The predicted octanol–water partition coefficient (Wildman–Crippen LogP) is 2.47. The molecule has 0 fully saturated rings. The molecule has 1 aromatic carbocycles. The number of esters is 2. The number of carbonyl (C=O) groups excluding carboxylic acids is 2. The lowest BCUT2D eigenvalue weighted by molar-refractivity contribution is -0.140. The van der Waals surface area contributed by atoms with Crippen molar-refractivity contribution < 1.29 is 19.1 Å². The fraction of sp³-hybridized carbons (Fsp3) is 0.385. The van der Waals surface area contributed by atoms with Gasteiger partial charge in [-0.2, -0.15) is 0 Å². The quantitative estimate of drug-likeness (QED) is 0.619. The number of methoxy groups -OCH3 is 2. The lowest BCUT2D eigenvalue weighted by atomic mass is 10.0. The summed E-state index contributed by atoms with van der Waals surface area (Å²) in [5.74, 6) is -0.643. The van der Waals surface area contributed by atoms with E-state index in [2.05, 4.69) is 20.7 Å². The Morgan fingerprint density at radius 1 is 1.11 bits per heavy atom. The molecule has 5 heteroatoms. The van der Waals surface area contributed by atoms with Crippen molar-refractivity contribution in [3.05, 3.63) is 34.9 Å². The molecule has 0 saturated carbocycles. The van der Waals surface area contributed by atoms with E-state index < -0.39 is 0 Å². The molecular formula is C13H15BrO4. The highest BCUT2D eigenvalue weighted by molar-refractivity contribution is 9.08. The van der Waals surface area contributed by atoms with Crippen molar-refractivity contribution in [1.82, 2.24) is 0 Å². The minimum absolute atomic E-state index is 0.265. The highest BCUT2D eigenvalue weighted by Crippen LogP contribution is 2.15. The average molecular weight is 315 g/mol. The maximum Gasteiger partial charge on any atom is 0.337 e. The van der Waals surface area contributed by atoms with Crippen molar-refractivity contribution in [1.29, 1.82) is 0 Å². The van der Waals surface area contributed by atoms with Gasteiger partial charge in [0.1, 0.15) is 0 Å². The predicted molar refractivity (Wildman–Crippen MR) is 70.7 cm³/mol. The van der Waals surface area contributed by atoms with Crippen LogP contribution in [0.2, 0.25) is 0 Å². The Balaban J connectivity index is 2.90. The summed E-state index contributed by atoms with van der Waals surface area (Å²) in [5.41, 5.74) is 2.38. The molecule has 0 saturated heterocycles. The zero-order chi connectivity index (χ0) is 13.5. The summed E-state index contributed by atoms with van der Waals surface area (Å²) in [6.07, 6.45) is 0.834. The minimum Gasteiger partial charge on any atom is -0.469 e. The van der Waals surface area contributed by atoms with Crippen LogP contribution >= 0.6 is 15.9 Å². The van der Waals surface area contributed by atoms with Gasteiger partial charge in [-0.3, -0.25) is 4.79 Å². The summed E-state index contributed by atoms with van der Waals surface area (Å²) < 4.78 is 9.28. The highest BCUT2D eigenvalue weighted by Gasteiger charge is 2.09. The summed E-state index contributed by atoms with van der Waals surface area (Å²) in [7, 11) is 2.70. The van der Waals surface area contributed by atoms with Crippen molar-refractivity contribution in [2.75, 3.05) is 14.2 Å². The van der Waals surface area contributed by atoms with Crippen LogP contribution < -0.4 is 0 Å². The van der Waals surface area contributed by atoms with E-state index in [1.165, 1.54) is 14.2 Å². The van der Waals surface area contributed by atoms with Gasteiger partial charge in [-0.15, -0.1) is 0 Å². The van der Waals surface area contributed by atoms with Gasteiger partial charge in [-0.1, -0.05) is 22.0 Å². The number of ether oxygens (including phenoxy) is 2. The van der Waals surface area contributed by atoms with Crippen LogP contribution in [0, 0.1) is 0 Å². The van der Waals surface area contributed by atoms with Gasteiger partial charge in [0, 0.05) is 11.8 Å². The standard InChI is InChI=1S/C13H15BrO4/c1-17-12(15)4-3-9-5-10(8-14)7-11(6-9)13(16)18-2/h5-7H,3-4,8H2,1-2H3. The van der Waals surface area contributed by atoms with Crippen LogP contribution in [0.15, 0.2) is 18.2 Å². The third-order valence-corrected chi connectivity index (χ3v) is 3.12. The number of aryl methyl sites for hydroxylation is 1. The monoisotopic (exact) mass is 314 g/mol. The zero-order valence-electron chi connectivity index (χ0n) is 10.4. The fourth-order valence-corrected chi connectivity index (χ4v) is 1.89. The van der Waals surface area contributed by atoms with Gasteiger partial charge >= 0.3 is 11.9 Å². The first-order valence-corrected chi connectivity index (χ1v) is 6.56. The van der Waals surface area contributed by atoms with E-state index in [4.69, 9.17) is 4.74 Å². The van der Waals surface area contributed by atoms with E-state index in [-0.39, 0.29) is 11.9 Å². The van der Waals surface area contributed by atoms with Gasteiger partial charge in [0.15, 0.2) is 0 Å². The highest BCUT2D eigenvalue weighted by atomic mass is 79.9. The SMILES string of the molecule is COC(=O)CCc1cc(CBr)cc(C(=O)OC)c1. The topological polar surface area (TPSA) is 52.6 Å². The van der Waals surface area contributed by atoms with E-state index >= 15 is 0 Å². The normalized spacial score (nSPS) is 9.94. The Labute approximate surface area is 114 Å². The molecule has 1 aromatic rings. The molecule has 0 aliphatic heterocycles. The number of hydrogen-bond acceptors (Lipinski definition) is 4. The molecule has 0 aromatic heterocycles. The molecule has 4 nitrogen and oxygen atoms in total. The Hall–Kier alpha value is -1.36. The number of alkyl halides is 1. The second kappa shape index (κ2) is 7.16. The molecule has 18 heavy (non-hydrogen) atoms. The van der Waals surface area contributed by atoms with Crippen molar-refractivity contribution in [3.63, 3.8) is 0 Å². The van der Waals surface area contributed by atoms with E-state index in [0.717, 1.165) is 11.1 Å². The van der Waals surface area contributed by atoms with Crippen LogP contribution in [0.25, 0.3) is 0 Å². The molecule has 0 unspecified atom stereocenters. The molecule has 0 bridgehead atoms. The van der Waals surface area contributed by atoms with Gasteiger partial charge in [0.05, 0.1) is 19.8 Å². The van der Waals surface area contributed by atoms with E-state index in [0.29, 0.717) is 23.7 Å². The molecule has 0 aliphatic carbocycles. The Bertz CT molecular complexity index is 443. The second-order valence-corrected chi connectivity index (χ2v) is 4.30. The number of hydrogen-bond donors (Lipinski definition) is 0. The maximum absolute atomic E-state index is 11.5. The molecule has 0 aliphatic rings. The Kier molecular flexibility index (Phi) is 5.85. The molecule has 0 radical (unpaired) electrons. The van der Waals surface area contributed by atoms with Crippen molar-refractivity contribution in [3.8, 4) is 0 Å². The molecule has 1 rings (SSSR count). The first kappa shape index (κ1) is 14.7. The second-order valence-electron chi connectivity index (χ2n) is 3.74. The molecular weight excluding hydrogens is 300 g/mol. The number of benzene rings is 1. The summed E-state index contributed by atoms with van der Waals surface area (Å²) in [5, 5.41) is 0.642. The molecule has 0 heterocycles. The van der Waals surface area contributed by atoms with E-state index in [1.807, 2.05) is 6.07 Å². The average Bonchev–Trinajstić information content (AvgIpc) is 2.43. The number of carbonyl (C=O) groups is 2. The largest absolute Gasteiger partial charge is 0.469 e. The van der Waals surface area contributed by atoms with Gasteiger partial charge in [-0.05, 0) is 29.7 Å². The summed E-state index contributed by atoms with van der Waals surface area (Å²) in [4.78, 5) is 22.6. The zero-order valence-corrected chi connectivity index (χ0v) is 12.0. The van der Waals surface area contributed by atoms with Gasteiger partial charge < -0.3 is 9.47 Å². The van der Waals surface area contributed by atoms with Crippen LogP contribution in [-0.4, -0.2) is 26.2 Å². The molecule has 0 N–H and O–H groups in total. The smallest absolute Gasteiger partial charge is 0.337 e. The summed E-state index contributed by atoms with van der Waals surface area (Å²) >= 11 is 3.35. The number of halogens is 1. The lowest BCUT2D eigenvalue weighted by Crippen LogP contribution is -2.05. The van der Waals surface area contributed by atoms with Crippen LogP contribution in [0.5, 0.6) is 0 Å². The lowest BCUT2D eigenvalue weighted by Gasteiger charge is -2.07. The van der Waals surface area contributed by atoms with Gasteiger partial charge in [-0.25, -0.2) is 4.79 Å². The summed E-state index contributed by atoms with van der Waals surface area (Å²) in [6.45, 7) is 0. The maximum atomic E-state index is 11.5.